The normalized spacial score (nSPS) is 18.0. The molecule has 5 nitrogen and oxygen atoms in total. The zero-order chi connectivity index (χ0) is 22.6. The van der Waals surface area contributed by atoms with Crippen LogP contribution in [0, 0.1) is 17.8 Å². The SMILES string of the molecule is C#CCC1(C(=O)OC(c2ccccc2)(c2ccccc2)c2ccccc2)CC(=O)NC1=O. The van der Waals surface area contributed by atoms with E-state index in [0.717, 1.165) is 0 Å². The number of hydrogen-bond acceptors (Lipinski definition) is 4. The van der Waals surface area contributed by atoms with Crippen LogP contribution in [0.1, 0.15) is 29.5 Å². The molecule has 0 aliphatic carbocycles. The molecule has 1 atom stereocenters. The summed E-state index contributed by atoms with van der Waals surface area (Å²) in [6.07, 6.45) is 4.90. The molecule has 2 amide bonds. The third-order valence-corrected chi connectivity index (χ3v) is 5.73. The van der Waals surface area contributed by atoms with Gasteiger partial charge in [-0.05, 0) is 0 Å². The van der Waals surface area contributed by atoms with Crippen LogP contribution >= 0.6 is 0 Å². The lowest BCUT2D eigenvalue weighted by atomic mass is 9.78. The van der Waals surface area contributed by atoms with Crippen LogP contribution in [0.25, 0.3) is 0 Å². The van der Waals surface area contributed by atoms with E-state index in [9.17, 15) is 14.4 Å². The summed E-state index contributed by atoms with van der Waals surface area (Å²) in [7, 11) is 0. The number of imide groups is 1. The number of rotatable bonds is 6. The first-order valence-corrected chi connectivity index (χ1v) is 10.2. The highest BCUT2D eigenvalue weighted by Gasteiger charge is 2.56. The van der Waals surface area contributed by atoms with Crippen molar-refractivity contribution in [2.45, 2.75) is 18.4 Å². The number of esters is 1. The molecular formula is C27H21NO4. The number of amides is 2. The Bertz CT molecular complexity index is 1090. The third-order valence-electron chi connectivity index (χ3n) is 5.73. The molecule has 0 aromatic heterocycles. The molecule has 1 heterocycles. The molecule has 5 heteroatoms. The Morgan fingerprint density at radius 2 is 1.31 bits per heavy atom. The molecule has 4 rings (SSSR count). The summed E-state index contributed by atoms with van der Waals surface area (Å²) < 4.78 is 6.31. The summed E-state index contributed by atoms with van der Waals surface area (Å²) >= 11 is 0. The fraction of sp³-hybridized carbons (Fsp3) is 0.148. The minimum absolute atomic E-state index is 0.238. The summed E-state index contributed by atoms with van der Waals surface area (Å²) in [6, 6.07) is 27.9. The van der Waals surface area contributed by atoms with E-state index in [0.29, 0.717) is 16.7 Å². The number of ether oxygens (including phenoxy) is 1. The van der Waals surface area contributed by atoms with E-state index in [2.05, 4.69) is 11.2 Å². The predicted molar refractivity (Wildman–Crippen MR) is 119 cm³/mol. The van der Waals surface area contributed by atoms with Crippen LogP contribution in [0.4, 0.5) is 0 Å². The number of nitrogens with one attached hydrogen (secondary N) is 1. The Morgan fingerprint density at radius 1 is 0.875 bits per heavy atom. The van der Waals surface area contributed by atoms with Gasteiger partial charge < -0.3 is 4.74 Å². The van der Waals surface area contributed by atoms with E-state index in [-0.39, 0.29) is 12.8 Å². The van der Waals surface area contributed by atoms with E-state index in [4.69, 9.17) is 11.2 Å². The second-order valence-electron chi connectivity index (χ2n) is 7.69. The number of hydrogen-bond donors (Lipinski definition) is 1. The van der Waals surface area contributed by atoms with Gasteiger partial charge in [-0.1, -0.05) is 91.0 Å². The Morgan fingerprint density at radius 3 is 1.66 bits per heavy atom. The lowest BCUT2D eigenvalue weighted by molar-refractivity contribution is -0.168. The van der Waals surface area contributed by atoms with Gasteiger partial charge in [0, 0.05) is 23.1 Å². The largest absolute Gasteiger partial charge is 0.443 e. The summed E-state index contributed by atoms with van der Waals surface area (Å²) in [5.41, 5.74) is -1.02. The average molecular weight is 423 g/mol. The van der Waals surface area contributed by atoms with Crippen molar-refractivity contribution < 1.29 is 19.1 Å². The van der Waals surface area contributed by atoms with Crippen LogP contribution in [0.15, 0.2) is 91.0 Å². The van der Waals surface area contributed by atoms with Gasteiger partial charge in [0.05, 0.1) is 6.42 Å². The molecule has 0 bridgehead atoms. The maximum Gasteiger partial charge on any atom is 0.324 e. The van der Waals surface area contributed by atoms with Crippen LogP contribution in [-0.2, 0) is 24.7 Å². The highest BCUT2D eigenvalue weighted by molar-refractivity contribution is 6.16. The van der Waals surface area contributed by atoms with Crippen molar-refractivity contribution in [3.8, 4) is 12.3 Å². The van der Waals surface area contributed by atoms with Crippen molar-refractivity contribution in [2.24, 2.45) is 5.41 Å². The first-order chi connectivity index (χ1) is 15.5. The highest BCUT2D eigenvalue weighted by atomic mass is 16.6. The van der Waals surface area contributed by atoms with Gasteiger partial charge >= 0.3 is 5.97 Å². The second kappa shape index (κ2) is 8.52. The molecule has 0 saturated carbocycles. The molecule has 1 fully saturated rings. The molecule has 1 aliphatic rings. The molecular weight excluding hydrogens is 402 g/mol. The van der Waals surface area contributed by atoms with Crippen molar-refractivity contribution in [3.05, 3.63) is 108 Å². The highest BCUT2D eigenvalue weighted by Crippen LogP contribution is 2.44. The van der Waals surface area contributed by atoms with E-state index >= 15 is 0 Å². The number of terminal acetylenes is 1. The Kier molecular flexibility index (Phi) is 5.61. The lowest BCUT2D eigenvalue weighted by Crippen LogP contribution is -2.45. The van der Waals surface area contributed by atoms with Gasteiger partial charge in [-0.25, -0.2) is 0 Å². The molecule has 3 aromatic carbocycles. The van der Waals surface area contributed by atoms with Crippen LogP contribution in [0.2, 0.25) is 0 Å². The number of carbonyl (C=O) groups excluding carboxylic acids is 3. The molecule has 1 saturated heterocycles. The summed E-state index contributed by atoms with van der Waals surface area (Å²) in [6.45, 7) is 0. The Hall–Kier alpha value is -4.17. The monoisotopic (exact) mass is 423 g/mol. The van der Waals surface area contributed by atoms with E-state index in [1.807, 2.05) is 91.0 Å². The first-order valence-electron chi connectivity index (χ1n) is 10.2. The van der Waals surface area contributed by atoms with Gasteiger partial charge in [0.1, 0.15) is 0 Å². The molecule has 32 heavy (non-hydrogen) atoms. The summed E-state index contributed by atoms with van der Waals surface area (Å²) in [5, 5.41) is 2.20. The molecule has 1 N–H and O–H groups in total. The maximum atomic E-state index is 13.7. The van der Waals surface area contributed by atoms with Crippen LogP contribution < -0.4 is 5.32 Å². The molecule has 3 aromatic rings. The zero-order valence-electron chi connectivity index (χ0n) is 17.3. The van der Waals surface area contributed by atoms with Crippen molar-refractivity contribution in [1.29, 1.82) is 0 Å². The van der Waals surface area contributed by atoms with Crippen molar-refractivity contribution in [2.75, 3.05) is 0 Å². The Labute approximate surface area is 186 Å². The number of carbonyl (C=O) groups is 3. The van der Waals surface area contributed by atoms with Crippen molar-refractivity contribution in [3.63, 3.8) is 0 Å². The molecule has 0 spiro atoms. The quantitative estimate of drug-likeness (QED) is 0.216. The maximum absolute atomic E-state index is 13.7. The second-order valence-corrected chi connectivity index (χ2v) is 7.69. The van der Waals surface area contributed by atoms with Crippen LogP contribution in [0.3, 0.4) is 0 Å². The number of benzene rings is 3. The van der Waals surface area contributed by atoms with E-state index in [1.165, 1.54) is 0 Å². The van der Waals surface area contributed by atoms with Gasteiger partial charge in [-0.15, -0.1) is 12.3 Å². The third kappa shape index (κ3) is 3.46. The lowest BCUT2D eigenvalue weighted by Gasteiger charge is -2.37. The summed E-state index contributed by atoms with van der Waals surface area (Å²) in [5.74, 6) is 0.259. The van der Waals surface area contributed by atoms with Gasteiger partial charge in [0.25, 0.3) is 0 Å². The minimum atomic E-state index is -1.77. The first kappa shape index (κ1) is 21.1. The fourth-order valence-corrected chi connectivity index (χ4v) is 4.13. The minimum Gasteiger partial charge on any atom is -0.443 e. The summed E-state index contributed by atoms with van der Waals surface area (Å²) in [4.78, 5) is 38.4. The topological polar surface area (TPSA) is 72.5 Å². The molecule has 158 valence electrons. The van der Waals surface area contributed by atoms with Crippen LogP contribution in [-0.4, -0.2) is 17.8 Å². The zero-order valence-corrected chi connectivity index (χ0v) is 17.3. The van der Waals surface area contributed by atoms with Gasteiger partial charge in [-0.2, -0.15) is 0 Å². The molecule has 1 unspecified atom stereocenters. The molecule has 0 radical (unpaired) electrons. The van der Waals surface area contributed by atoms with E-state index < -0.39 is 28.8 Å². The predicted octanol–water partition coefficient (Wildman–Crippen LogP) is 3.58. The van der Waals surface area contributed by atoms with Gasteiger partial charge in [0.15, 0.2) is 11.0 Å². The van der Waals surface area contributed by atoms with Gasteiger partial charge in [-0.3, -0.25) is 19.7 Å². The van der Waals surface area contributed by atoms with E-state index in [1.54, 1.807) is 0 Å². The smallest absolute Gasteiger partial charge is 0.324 e. The standard InChI is InChI=1S/C27H21NO4/c1-2-18-26(19-23(29)28-24(26)30)25(31)32-27(20-12-6-3-7-13-20,21-14-8-4-9-15-21)22-16-10-5-11-17-22/h1,3-17H,18-19H2,(H,28,29,30). The van der Waals surface area contributed by atoms with Gasteiger partial charge in [0.2, 0.25) is 11.8 Å². The van der Waals surface area contributed by atoms with Crippen molar-refractivity contribution >= 4 is 17.8 Å². The van der Waals surface area contributed by atoms with Crippen LogP contribution in [0.5, 0.6) is 0 Å². The Balaban J connectivity index is 1.94. The molecule has 1 aliphatic heterocycles. The average Bonchev–Trinajstić information content (AvgIpc) is 3.13. The fourth-order valence-electron chi connectivity index (χ4n) is 4.13. The van der Waals surface area contributed by atoms with Crippen molar-refractivity contribution in [1.82, 2.24) is 5.32 Å².